The molecule has 3 nitrogen and oxygen atoms in total. The molecule has 1 heterocycles. The highest BCUT2D eigenvalue weighted by molar-refractivity contribution is 5.91. The van der Waals surface area contributed by atoms with E-state index in [2.05, 4.69) is 6.07 Å². The minimum Gasteiger partial charge on any atom is -0.453 e. The van der Waals surface area contributed by atoms with Crippen molar-refractivity contribution in [2.75, 3.05) is 0 Å². The molecule has 1 aromatic heterocycles. The molecular formula is C13H9NO2. The summed E-state index contributed by atoms with van der Waals surface area (Å²) in [5, 5.41) is 8.77. The molecule has 0 N–H and O–H groups in total. The third kappa shape index (κ3) is 1.86. The summed E-state index contributed by atoms with van der Waals surface area (Å²) >= 11 is 0. The zero-order valence-corrected chi connectivity index (χ0v) is 8.73. The third-order valence-corrected chi connectivity index (χ3v) is 2.23. The molecule has 2 aromatic rings. The molecule has 0 spiro atoms. The zero-order chi connectivity index (χ0) is 11.5. The summed E-state index contributed by atoms with van der Waals surface area (Å²) in [6.07, 6.45) is 0. The molecule has 1 aromatic carbocycles. The molecule has 0 saturated heterocycles. The molecule has 78 valence electrons. The van der Waals surface area contributed by atoms with E-state index in [0.29, 0.717) is 17.1 Å². The smallest absolute Gasteiger partial charge is 0.194 e. The maximum Gasteiger partial charge on any atom is 0.194 e. The Labute approximate surface area is 92.9 Å². The van der Waals surface area contributed by atoms with Crippen molar-refractivity contribution in [3.05, 3.63) is 47.7 Å². The number of Topliss-reactive ketones (excluding diaryl/α,β-unsaturated/α-hetero) is 1. The fourth-order valence-electron chi connectivity index (χ4n) is 1.42. The molecule has 0 atom stereocenters. The van der Waals surface area contributed by atoms with Gasteiger partial charge in [0.2, 0.25) is 0 Å². The van der Waals surface area contributed by atoms with Gasteiger partial charge in [0.25, 0.3) is 0 Å². The molecule has 0 unspecified atom stereocenters. The molecule has 2 rings (SSSR count). The van der Waals surface area contributed by atoms with Gasteiger partial charge in [-0.15, -0.1) is 0 Å². The Hall–Kier alpha value is -2.34. The van der Waals surface area contributed by atoms with Crippen molar-refractivity contribution in [2.45, 2.75) is 6.92 Å². The summed E-state index contributed by atoms with van der Waals surface area (Å²) in [7, 11) is 0. The van der Waals surface area contributed by atoms with Crippen LogP contribution in [0.3, 0.4) is 0 Å². The first kappa shape index (κ1) is 10.2. The minimum absolute atomic E-state index is 0.109. The molecule has 0 amide bonds. The molecule has 0 aliphatic rings. The van der Waals surface area contributed by atoms with Crippen LogP contribution in [-0.2, 0) is 0 Å². The monoisotopic (exact) mass is 211 g/mol. The van der Waals surface area contributed by atoms with E-state index in [0.717, 1.165) is 5.56 Å². The number of ketones is 1. The van der Waals surface area contributed by atoms with E-state index in [1.54, 1.807) is 30.3 Å². The number of hydrogen-bond donors (Lipinski definition) is 0. The van der Waals surface area contributed by atoms with Gasteiger partial charge < -0.3 is 4.42 Å². The molecule has 0 saturated carbocycles. The lowest BCUT2D eigenvalue weighted by Gasteiger charge is -1.96. The van der Waals surface area contributed by atoms with Crippen molar-refractivity contribution >= 4 is 5.78 Å². The number of hydrogen-bond acceptors (Lipinski definition) is 3. The van der Waals surface area contributed by atoms with Crippen molar-refractivity contribution < 1.29 is 9.21 Å². The van der Waals surface area contributed by atoms with Gasteiger partial charge in [-0.1, -0.05) is 12.1 Å². The fraction of sp³-hybridized carbons (Fsp3) is 0.0769. The first-order chi connectivity index (χ1) is 7.70. The Kier molecular flexibility index (Phi) is 2.57. The molecule has 16 heavy (non-hydrogen) atoms. The Balaban J connectivity index is 2.43. The zero-order valence-electron chi connectivity index (χ0n) is 8.73. The van der Waals surface area contributed by atoms with Gasteiger partial charge in [0.1, 0.15) is 5.76 Å². The van der Waals surface area contributed by atoms with Crippen molar-refractivity contribution in [1.82, 2.24) is 0 Å². The van der Waals surface area contributed by atoms with Gasteiger partial charge >= 0.3 is 0 Å². The van der Waals surface area contributed by atoms with Gasteiger partial charge in [0.15, 0.2) is 11.5 Å². The number of carbonyl (C=O) groups is 1. The lowest BCUT2D eigenvalue weighted by atomic mass is 10.1. The Morgan fingerprint density at radius 1 is 1.31 bits per heavy atom. The van der Waals surface area contributed by atoms with Crippen LogP contribution in [0.1, 0.15) is 23.0 Å². The van der Waals surface area contributed by atoms with Gasteiger partial charge in [-0.3, -0.25) is 4.79 Å². The van der Waals surface area contributed by atoms with Crippen LogP contribution in [0.4, 0.5) is 0 Å². The van der Waals surface area contributed by atoms with E-state index in [1.165, 1.54) is 6.92 Å². The Morgan fingerprint density at radius 2 is 2.12 bits per heavy atom. The highest BCUT2D eigenvalue weighted by Crippen LogP contribution is 2.23. The standard InChI is InChI=1S/C13H9NO2/c1-9(15)12-5-6-13(16-12)11-4-2-3-10(7-11)8-14/h2-7H,1H3. The van der Waals surface area contributed by atoms with Gasteiger partial charge in [-0.2, -0.15) is 5.26 Å². The van der Waals surface area contributed by atoms with Crippen molar-refractivity contribution in [3.63, 3.8) is 0 Å². The van der Waals surface area contributed by atoms with Crippen LogP contribution in [0.25, 0.3) is 11.3 Å². The number of furan rings is 1. The topological polar surface area (TPSA) is 54.0 Å². The highest BCUT2D eigenvalue weighted by atomic mass is 16.3. The average molecular weight is 211 g/mol. The van der Waals surface area contributed by atoms with Crippen molar-refractivity contribution in [1.29, 1.82) is 5.26 Å². The van der Waals surface area contributed by atoms with E-state index in [4.69, 9.17) is 9.68 Å². The SMILES string of the molecule is CC(=O)c1ccc(-c2cccc(C#N)c2)o1. The van der Waals surface area contributed by atoms with E-state index >= 15 is 0 Å². The number of nitriles is 1. The van der Waals surface area contributed by atoms with Crippen LogP contribution < -0.4 is 0 Å². The first-order valence-electron chi connectivity index (χ1n) is 4.82. The summed E-state index contributed by atoms with van der Waals surface area (Å²) in [6.45, 7) is 1.45. The quantitative estimate of drug-likeness (QED) is 0.717. The molecule has 0 radical (unpaired) electrons. The molecule has 3 heteroatoms. The van der Waals surface area contributed by atoms with Crippen LogP contribution in [0.2, 0.25) is 0 Å². The molecule has 0 aliphatic carbocycles. The van der Waals surface area contributed by atoms with Crippen molar-refractivity contribution in [2.24, 2.45) is 0 Å². The minimum atomic E-state index is -0.109. The highest BCUT2D eigenvalue weighted by Gasteiger charge is 2.08. The van der Waals surface area contributed by atoms with Gasteiger partial charge in [-0.25, -0.2) is 0 Å². The largest absolute Gasteiger partial charge is 0.453 e. The summed E-state index contributed by atoms with van der Waals surface area (Å²) < 4.78 is 5.37. The molecule has 0 fully saturated rings. The van der Waals surface area contributed by atoms with Crippen LogP contribution in [0.15, 0.2) is 40.8 Å². The summed E-state index contributed by atoms with van der Waals surface area (Å²) in [5.41, 5.74) is 1.37. The van der Waals surface area contributed by atoms with Gasteiger partial charge in [-0.05, 0) is 24.3 Å². The van der Waals surface area contributed by atoms with Crippen LogP contribution in [0.5, 0.6) is 0 Å². The van der Waals surface area contributed by atoms with Crippen LogP contribution in [0, 0.1) is 11.3 Å². The predicted octanol–water partition coefficient (Wildman–Crippen LogP) is 3.02. The normalized spacial score (nSPS) is 9.75. The predicted molar refractivity (Wildman–Crippen MR) is 58.9 cm³/mol. The first-order valence-corrected chi connectivity index (χ1v) is 4.82. The third-order valence-electron chi connectivity index (χ3n) is 2.23. The molecule has 0 bridgehead atoms. The van der Waals surface area contributed by atoms with Crippen molar-refractivity contribution in [3.8, 4) is 17.4 Å². The van der Waals surface area contributed by atoms with E-state index in [-0.39, 0.29) is 5.78 Å². The Bertz CT molecular complexity index is 576. The number of nitrogens with zero attached hydrogens (tertiary/aromatic N) is 1. The van der Waals surface area contributed by atoms with E-state index in [9.17, 15) is 4.79 Å². The second-order valence-electron chi connectivity index (χ2n) is 3.41. The maximum absolute atomic E-state index is 11.1. The maximum atomic E-state index is 11.1. The number of carbonyl (C=O) groups excluding carboxylic acids is 1. The molecule has 0 aliphatic heterocycles. The lowest BCUT2D eigenvalue weighted by molar-refractivity contribution is 0.0988. The Morgan fingerprint density at radius 3 is 2.75 bits per heavy atom. The summed E-state index contributed by atoms with van der Waals surface area (Å²) in [6, 6.07) is 12.5. The van der Waals surface area contributed by atoms with Crippen LogP contribution >= 0.6 is 0 Å². The van der Waals surface area contributed by atoms with Gasteiger partial charge in [0.05, 0.1) is 11.6 Å². The second-order valence-corrected chi connectivity index (χ2v) is 3.41. The molecular weight excluding hydrogens is 202 g/mol. The lowest BCUT2D eigenvalue weighted by Crippen LogP contribution is -1.86. The summed E-state index contributed by atoms with van der Waals surface area (Å²) in [4.78, 5) is 11.1. The fourth-order valence-corrected chi connectivity index (χ4v) is 1.42. The average Bonchev–Trinajstić information content (AvgIpc) is 2.78. The van der Waals surface area contributed by atoms with Crippen LogP contribution in [-0.4, -0.2) is 5.78 Å². The number of benzene rings is 1. The van der Waals surface area contributed by atoms with E-state index < -0.39 is 0 Å². The second kappa shape index (κ2) is 4.03. The van der Waals surface area contributed by atoms with Gasteiger partial charge in [0, 0.05) is 12.5 Å². The summed E-state index contributed by atoms with van der Waals surface area (Å²) in [5.74, 6) is 0.822. The number of rotatable bonds is 2. The van der Waals surface area contributed by atoms with E-state index in [1.807, 2.05) is 6.07 Å².